The van der Waals surface area contributed by atoms with E-state index >= 15 is 0 Å². The number of hydrogen-bond donors (Lipinski definition) is 0. The summed E-state index contributed by atoms with van der Waals surface area (Å²) in [5.41, 5.74) is 3.24. The first-order valence-corrected chi connectivity index (χ1v) is 11.3. The van der Waals surface area contributed by atoms with Crippen molar-refractivity contribution >= 4 is 46.7 Å². The van der Waals surface area contributed by atoms with Gasteiger partial charge in [-0.15, -0.1) is 0 Å². The maximum Gasteiger partial charge on any atom is 0.231 e. The van der Waals surface area contributed by atoms with Crippen molar-refractivity contribution in [2.45, 2.75) is 13.0 Å². The highest BCUT2D eigenvalue weighted by atomic mass is 35.5. The topological polar surface area (TPSA) is 38.8 Å². The molecule has 0 radical (unpaired) electrons. The Balaban J connectivity index is 1.37. The zero-order valence-corrected chi connectivity index (χ0v) is 19.2. The van der Waals surface area contributed by atoms with Crippen LogP contribution in [0.5, 0.6) is 11.5 Å². The van der Waals surface area contributed by atoms with Crippen LogP contribution in [-0.2, 0) is 13.0 Å². The zero-order valence-electron chi connectivity index (χ0n) is 16.9. The second-order valence-electron chi connectivity index (χ2n) is 7.70. The number of carbonyl (C=O) groups excluding carboxylic acids is 1. The molecule has 0 unspecified atom stereocenters. The van der Waals surface area contributed by atoms with Gasteiger partial charge in [0.1, 0.15) is 18.2 Å². The molecule has 7 heteroatoms. The van der Waals surface area contributed by atoms with E-state index in [0.29, 0.717) is 34.6 Å². The molecule has 0 saturated carbocycles. The molecule has 3 aromatic rings. The number of allylic oxidation sites excluding steroid dienone is 1. The molecular weight excluding hydrogens is 469 g/mol. The van der Waals surface area contributed by atoms with E-state index in [9.17, 15) is 4.79 Å². The van der Waals surface area contributed by atoms with Gasteiger partial charge in [-0.25, -0.2) is 0 Å². The number of ether oxygens (including phenoxy) is 2. The fourth-order valence-corrected chi connectivity index (χ4v) is 4.42. The van der Waals surface area contributed by atoms with Crippen LogP contribution in [0, 0.1) is 0 Å². The van der Waals surface area contributed by atoms with E-state index in [1.54, 1.807) is 30.3 Å². The second kappa shape index (κ2) is 8.80. The lowest BCUT2D eigenvalue weighted by atomic mass is 10.0. The Morgan fingerprint density at radius 2 is 1.81 bits per heavy atom. The molecule has 0 saturated heterocycles. The predicted molar refractivity (Wildman–Crippen MR) is 127 cm³/mol. The van der Waals surface area contributed by atoms with Crippen molar-refractivity contribution in [1.82, 2.24) is 4.90 Å². The molecule has 2 aliphatic rings. The SMILES string of the molecule is O=C1/C(=C/c2ccc(Cl)c(Cl)c2)Oc2c1ccc1c2CN(CCc2ccccc2Cl)CO1. The molecule has 2 aliphatic heterocycles. The molecule has 0 atom stereocenters. The quantitative estimate of drug-likeness (QED) is 0.387. The monoisotopic (exact) mass is 485 g/mol. The predicted octanol–water partition coefficient (Wildman–Crippen LogP) is 6.66. The van der Waals surface area contributed by atoms with Gasteiger partial charge in [0.15, 0.2) is 5.76 Å². The van der Waals surface area contributed by atoms with E-state index in [-0.39, 0.29) is 11.5 Å². The molecule has 5 rings (SSSR count). The summed E-state index contributed by atoms with van der Waals surface area (Å²) in [5, 5.41) is 1.64. The van der Waals surface area contributed by atoms with Crippen LogP contribution >= 0.6 is 34.8 Å². The Morgan fingerprint density at radius 1 is 0.969 bits per heavy atom. The smallest absolute Gasteiger partial charge is 0.231 e. The van der Waals surface area contributed by atoms with Crippen molar-refractivity contribution in [3.05, 3.63) is 97.7 Å². The lowest BCUT2D eigenvalue weighted by molar-refractivity contribution is 0.0950. The lowest BCUT2D eigenvalue weighted by Crippen LogP contribution is -2.33. The average molecular weight is 487 g/mol. The van der Waals surface area contributed by atoms with E-state index in [4.69, 9.17) is 44.3 Å². The summed E-state index contributed by atoms with van der Waals surface area (Å²) >= 11 is 18.4. The minimum Gasteiger partial charge on any atom is -0.478 e. The summed E-state index contributed by atoms with van der Waals surface area (Å²) in [4.78, 5) is 15.1. The molecular formula is C25H18Cl3NO3. The standard InChI is InChI=1S/C25H18Cl3NO3/c26-19-4-2-1-3-16(19)9-10-29-13-18-22(31-14-29)8-6-17-24(30)23(32-25(17)18)12-15-5-7-20(27)21(28)11-15/h1-8,11-12H,9-10,13-14H2/b23-12-. The van der Waals surface area contributed by atoms with Crippen molar-refractivity contribution in [2.75, 3.05) is 13.3 Å². The molecule has 0 N–H and O–H groups in total. The molecule has 0 aromatic heterocycles. The number of rotatable bonds is 4. The number of ketones is 1. The average Bonchev–Trinajstić information content (AvgIpc) is 3.11. The first-order chi connectivity index (χ1) is 15.5. The second-order valence-corrected chi connectivity index (χ2v) is 8.92. The van der Waals surface area contributed by atoms with Crippen LogP contribution in [-0.4, -0.2) is 24.0 Å². The molecule has 0 bridgehead atoms. The van der Waals surface area contributed by atoms with Gasteiger partial charge in [0.05, 0.1) is 21.2 Å². The van der Waals surface area contributed by atoms with E-state index in [0.717, 1.165) is 40.4 Å². The number of fused-ring (bicyclic) bond motifs is 3. The molecule has 162 valence electrons. The molecule has 32 heavy (non-hydrogen) atoms. The Kier molecular flexibility index (Phi) is 5.87. The van der Waals surface area contributed by atoms with Crippen LogP contribution < -0.4 is 9.47 Å². The minimum atomic E-state index is -0.165. The highest BCUT2D eigenvalue weighted by Gasteiger charge is 2.33. The fraction of sp³-hybridized carbons (Fsp3) is 0.160. The first-order valence-electron chi connectivity index (χ1n) is 10.1. The van der Waals surface area contributed by atoms with Crippen molar-refractivity contribution in [3.63, 3.8) is 0 Å². The van der Waals surface area contributed by atoms with Crippen molar-refractivity contribution in [3.8, 4) is 11.5 Å². The van der Waals surface area contributed by atoms with Gasteiger partial charge >= 0.3 is 0 Å². The molecule has 2 heterocycles. The Bertz CT molecular complexity index is 1260. The lowest BCUT2D eigenvalue weighted by Gasteiger charge is -2.29. The van der Waals surface area contributed by atoms with Crippen molar-refractivity contribution in [2.24, 2.45) is 0 Å². The number of carbonyl (C=O) groups is 1. The third kappa shape index (κ3) is 4.12. The summed E-state index contributed by atoms with van der Waals surface area (Å²) in [6.07, 6.45) is 2.48. The molecule has 4 nitrogen and oxygen atoms in total. The summed E-state index contributed by atoms with van der Waals surface area (Å²) in [7, 11) is 0. The van der Waals surface area contributed by atoms with Crippen LogP contribution in [0.3, 0.4) is 0 Å². The normalized spacial score (nSPS) is 16.5. The molecule has 0 amide bonds. The van der Waals surface area contributed by atoms with Gasteiger partial charge < -0.3 is 9.47 Å². The highest BCUT2D eigenvalue weighted by molar-refractivity contribution is 6.42. The number of benzene rings is 3. The maximum absolute atomic E-state index is 12.9. The van der Waals surface area contributed by atoms with E-state index in [2.05, 4.69) is 4.90 Å². The van der Waals surface area contributed by atoms with Gasteiger partial charge in [0.2, 0.25) is 5.78 Å². The van der Waals surface area contributed by atoms with Crippen LogP contribution in [0.15, 0.2) is 60.4 Å². The van der Waals surface area contributed by atoms with E-state index in [1.807, 2.05) is 30.3 Å². The Morgan fingerprint density at radius 3 is 2.62 bits per heavy atom. The molecule has 0 spiro atoms. The Hall–Kier alpha value is -2.50. The largest absolute Gasteiger partial charge is 0.478 e. The van der Waals surface area contributed by atoms with Gasteiger partial charge in [-0.3, -0.25) is 9.69 Å². The van der Waals surface area contributed by atoms with Crippen molar-refractivity contribution in [1.29, 1.82) is 0 Å². The van der Waals surface area contributed by atoms with Crippen molar-refractivity contribution < 1.29 is 14.3 Å². The Labute approximate surface area is 200 Å². The van der Waals surface area contributed by atoms with Crippen LogP contribution in [0.2, 0.25) is 15.1 Å². The molecule has 0 fully saturated rings. The zero-order chi connectivity index (χ0) is 22.2. The van der Waals surface area contributed by atoms with E-state index in [1.165, 1.54) is 0 Å². The van der Waals surface area contributed by atoms with Gasteiger partial charge in [-0.05, 0) is 54.0 Å². The first kappa shape index (κ1) is 21.4. The maximum atomic E-state index is 12.9. The molecule has 0 aliphatic carbocycles. The third-order valence-corrected chi connectivity index (χ3v) is 6.69. The fourth-order valence-electron chi connectivity index (χ4n) is 3.88. The summed E-state index contributed by atoms with van der Waals surface area (Å²) in [5.74, 6) is 1.38. The number of halogens is 3. The number of nitrogens with zero attached hydrogens (tertiary/aromatic N) is 1. The van der Waals surface area contributed by atoms with Gasteiger partial charge in [0, 0.05) is 18.1 Å². The highest BCUT2D eigenvalue weighted by Crippen LogP contribution is 2.42. The van der Waals surface area contributed by atoms with Crippen LogP contribution in [0.1, 0.15) is 27.0 Å². The summed E-state index contributed by atoms with van der Waals surface area (Å²) in [6.45, 7) is 1.86. The number of Topliss-reactive ketones (excluding diaryl/α,β-unsaturated/α-hetero) is 1. The van der Waals surface area contributed by atoms with E-state index < -0.39 is 0 Å². The number of hydrogen-bond acceptors (Lipinski definition) is 4. The van der Waals surface area contributed by atoms with Gasteiger partial charge in [-0.1, -0.05) is 59.1 Å². The van der Waals surface area contributed by atoms with Gasteiger partial charge in [-0.2, -0.15) is 0 Å². The molecule has 3 aromatic carbocycles. The van der Waals surface area contributed by atoms with Crippen LogP contribution in [0.4, 0.5) is 0 Å². The summed E-state index contributed by atoms with van der Waals surface area (Å²) in [6, 6.07) is 16.6. The summed E-state index contributed by atoms with van der Waals surface area (Å²) < 4.78 is 12.0. The van der Waals surface area contributed by atoms with Crippen LogP contribution in [0.25, 0.3) is 6.08 Å². The third-order valence-electron chi connectivity index (χ3n) is 5.58. The van der Waals surface area contributed by atoms with Gasteiger partial charge in [0.25, 0.3) is 0 Å². The minimum absolute atomic E-state index is 0.165.